The van der Waals surface area contributed by atoms with Gasteiger partial charge in [-0.15, -0.1) is 0 Å². The van der Waals surface area contributed by atoms with Crippen molar-refractivity contribution in [2.24, 2.45) is 0 Å². The first-order valence-corrected chi connectivity index (χ1v) is 11.7. The first kappa shape index (κ1) is 22.7. The van der Waals surface area contributed by atoms with E-state index in [2.05, 4.69) is 26.0 Å². The first-order chi connectivity index (χ1) is 17.0. The van der Waals surface area contributed by atoms with Crippen molar-refractivity contribution in [2.45, 2.75) is 57.7 Å². The average molecular weight is 476 g/mol. The molecule has 11 heteroatoms. The lowest BCUT2D eigenvalue weighted by Gasteiger charge is -2.19. The van der Waals surface area contributed by atoms with Gasteiger partial charge in [-0.2, -0.15) is 10.4 Å². The van der Waals surface area contributed by atoms with Gasteiger partial charge in [0.05, 0.1) is 23.1 Å². The van der Waals surface area contributed by atoms with E-state index >= 15 is 0 Å². The number of non-ortho nitro benzene ring substituents is 1. The molecular weight excluding hydrogens is 450 g/mol. The van der Waals surface area contributed by atoms with Crippen LogP contribution in [0.2, 0.25) is 0 Å². The van der Waals surface area contributed by atoms with E-state index < -0.39 is 4.92 Å². The number of amides is 1. The van der Waals surface area contributed by atoms with Gasteiger partial charge in [0, 0.05) is 30.0 Å². The second-order valence-electron chi connectivity index (χ2n) is 8.83. The minimum absolute atomic E-state index is 0.0587. The fraction of sp³-hybridized carbons (Fsp3) is 0.417. The molecule has 2 aromatic heterocycles. The van der Waals surface area contributed by atoms with Crippen molar-refractivity contribution in [3.63, 3.8) is 0 Å². The number of nitro benzene ring substituents is 1. The van der Waals surface area contributed by atoms with Crippen LogP contribution in [0, 0.1) is 21.4 Å². The van der Waals surface area contributed by atoms with Crippen LogP contribution >= 0.6 is 0 Å². The average Bonchev–Trinajstić information content (AvgIpc) is 3.60. The number of anilines is 1. The molecular formula is C24H25N7O4. The summed E-state index contributed by atoms with van der Waals surface area (Å²) in [4.78, 5) is 27.8. The summed E-state index contributed by atoms with van der Waals surface area (Å²) in [6.45, 7) is 1.24. The third-order valence-corrected chi connectivity index (χ3v) is 6.51. The van der Waals surface area contributed by atoms with Gasteiger partial charge in [0.15, 0.2) is 5.82 Å². The monoisotopic (exact) mass is 475 g/mol. The molecule has 11 nitrogen and oxygen atoms in total. The Bertz CT molecular complexity index is 1310. The van der Waals surface area contributed by atoms with Crippen molar-refractivity contribution >= 4 is 17.4 Å². The molecule has 3 aromatic rings. The Kier molecular flexibility index (Phi) is 6.29. The molecule has 0 spiro atoms. The summed E-state index contributed by atoms with van der Waals surface area (Å²) in [6.07, 6.45) is 7.25. The molecule has 1 unspecified atom stereocenters. The number of fused-ring (bicyclic) bond motifs is 1. The molecule has 2 aliphatic rings. The minimum Gasteiger partial charge on any atom is -0.376 e. The van der Waals surface area contributed by atoms with Crippen molar-refractivity contribution in [3.05, 3.63) is 57.5 Å². The van der Waals surface area contributed by atoms with Crippen LogP contribution in [-0.2, 0) is 35.5 Å². The predicted octanol–water partition coefficient (Wildman–Crippen LogP) is 3.22. The molecule has 180 valence electrons. The van der Waals surface area contributed by atoms with E-state index in [0.717, 1.165) is 56.4 Å². The number of rotatable bonds is 7. The van der Waals surface area contributed by atoms with Crippen molar-refractivity contribution in [3.8, 4) is 17.5 Å². The molecule has 0 radical (unpaired) electrons. The zero-order valence-electron chi connectivity index (χ0n) is 19.1. The lowest BCUT2D eigenvalue weighted by atomic mass is 9.95. The van der Waals surface area contributed by atoms with Gasteiger partial charge < -0.3 is 14.6 Å². The van der Waals surface area contributed by atoms with Gasteiger partial charge in [-0.25, -0.2) is 9.67 Å². The Balaban J connectivity index is 1.37. The van der Waals surface area contributed by atoms with Crippen LogP contribution < -0.4 is 5.32 Å². The van der Waals surface area contributed by atoms with E-state index in [1.807, 2.05) is 0 Å². The second-order valence-corrected chi connectivity index (χ2v) is 8.83. The molecule has 1 fully saturated rings. The molecule has 5 rings (SSSR count). The highest BCUT2D eigenvalue weighted by molar-refractivity contribution is 5.91. The number of nitrogens with one attached hydrogen (secondary N) is 1. The third kappa shape index (κ3) is 4.65. The summed E-state index contributed by atoms with van der Waals surface area (Å²) in [6, 6.07) is 8.34. The first-order valence-electron chi connectivity index (χ1n) is 11.7. The highest BCUT2D eigenvalue weighted by atomic mass is 16.6. The summed E-state index contributed by atoms with van der Waals surface area (Å²) in [5.41, 5.74) is 3.11. The molecule has 0 bridgehead atoms. The number of nitrogens with zero attached hydrogens (tertiary/aromatic N) is 6. The molecule has 1 saturated heterocycles. The Morgan fingerprint density at radius 1 is 1.31 bits per heavy atom. The number of nitro groups is 1. The maximum absolute atomic E-state index is 13.0. The highest BCUT2D eigenvalue weighted by Gasteiger charge is 2.28. The van der Waals surface area contributed by atoms with Crippen LogP contribution in [0.25, 0.3) is 11.4 Å². The molecule has 35 heavy (non-hydrogen) atoms. The lowest BCUT2D eigenvalue weighted by molar-refractivity contribution is -0.384. The van der Waals surface area contributed by atoms with E-state index in [4.69, 9.17) is 4.74 Å². The molecule has 1 N–H and O–H groups in total. The number of benzene rings is 1. The zero-order valence-corrected chi connectivity index (χ0v) is 19.1. The molecule has 1 aliphatic carbocycles. The smallest absolute Gasteiger partial charge is 0.270 e. The summed E-state index contributed by atoms with van der Waals surface area (Å²) < 4.78 is 9.28. The number of hydrogen-bond acceptors (Lipinski definition) is 7. The second kappa shape index (κ2) is 9.68. The molecule has 1 atom stereocenters. The SMILES string of the molecule is N#Cc1c2c(n(CC3CCCO3)c1NC(=O)Cn1cnc(-c3cccc([N+](=O)[O-])c3)n1)CCCC2. The Labute approximate surface area is 201 Å². The molecule has 1 aliphatic heterocycles. The van der Waals surface area contributed by atoms with Crippen molar-refractivity contribution in [1.29, 1.82) is 5.26 Å². The van der Waals surface area contributed by atoms with E-state index in [9.17, 15) is 20.2 Å². The molecule has 0 saturated carbocycles. The van der Waals surface area contributed by atoms with Crippen LogP contribution in [0.3, 0.4) is 0 Å². The van der Waals surface area contributed by atoms with Crippen LogP contribution in [0.1, 0.15) is 42.5 Å². The van der Waals surface area contributed by atoms with Gasteiger partial charge in [0.2, 0.25) is 5.91 Å². The summed E-state index contributed by atoms with van der Waals surface area (Å²) in [7, 11) is 0. The standard InChI is InChI=1S/C24H25N7O4/c25-12-20-19-8-1-2-9-21(19)30(13-18-7-4-10-35-18)24(20)27-22(32)14-29-15-26-23(28-29)16-5-3-6-17(11-16)31(33)34/h3,5-6,11,15,18H,1-2,4,7-10,13-14H2,(H,27,32). The van der Waals surface area contributed by atoms with Gasteiger partial charge >= 0.3 is 0 Å². The number of carbonyl (C=O) groups excluding carboxylic acids is 1. The number of hydrogen-bond donors (Lipinski definition) is 1. The molecule has 1 aromatic carbocycles. The van der Waals surface area contributed by atoms with E-state index in [1.165, 1.54) is 23.1 Å². The van der Waals surface area contributed by atoms with Crippen LogP contribution in [-0.4, -0.2) is 42.9 Å². The van der Waals surface area contributed by atoms with Crippen LogP contribution in [0.15, 0.2) is 30.6 Å². The van der Waals surface area contributed by atoms with Gasteiger partial charge in [-0.3, -0.25) is 14.9 Å². The maximum atomic E-state index is 13.0. The largest absolute Gasteiger partial charge is 0.376 e. The number of aromatic nitrogens is 4. The molecule has 3 heterocycles. The van der Waals surface area contributed by atoms with Crippen molar-refractivity contribution < 1.29 is 14.5 Å². The summed E-state index contributed by atoms with van der Waals surface area (Å²) in [5, 5.41) is 28.2. The normalized spacial score (nSPS) is 17.1. The predicted molar refractivity (Wildman–Crippen MR) is 126 cm³/mol. The fourth-order valence-corrected chi connectivity index (χ4v) is 4.89. The minimum atomic E-state index is -0.480. The van der Waals surface area contributed by atoms with Crippen LogP contribution in [0.5, 0.6) is 0 Å². The summed E-state index contributed by atoms with van der Waals surface area (Å²) in [5.74, 6) is 0.482. The van der Waals surface area contributed by atoms with Crippen molar-refractivity contribution in [1.82, 2.24) is 19.3 Å². The van der Waals surface area contributed by atoms with Crippen molar-refractivity contribution in [2.75, 3.05) is 11.9 Å². The van der Waals surface area contributed by atoms with Gasteiger partial charge in [0.1, 0.15) is 24.8 Å². The zero-order chi connectivity index (χ0) is 24.4. The highest BCUT2D eigenvalue weighted by Crippen LogP contribution is 2.34. The van der Waals surface area contributed by atoms with E-state index in [1.54, 1.807) is 12.1 Å². The van der Waals surface area contributed by atoms with E-state index in [0.29, 0.717) is 23.5 Å². The third-order valence-electron chi connectivity index (χ3n) is 6.51. The fourth-order valence-electron chi connectivity index (χ4n) is 4.89. The summed E-state index contributed by atoms with van der Waals surface area (Å²) >= 11 is 0. The number of nitriles is 1. The topological polar surface area (TPSA) is 141 Å². The van der Waals surface area contributed by atoms with E-state index in [-0.39, 0.29) is 30.1 Å². The van der Waals surface area contributed by atoms with Crippen LogP contribution in [0.4, 0.5) is 11.5 Å². The molecule has 1 amide bonds. The Hall–Kier alpha value is -4.04. The van der Waals surface area contributed by atoms with Gasteiger partial charge in [0.25, 0.3) is 5.69 Å². The quantitative estimate of drug-likeness (QED) is 0.408. The maximum Gasteiger partial charge on any atom is 0.270 e. The number of carbonyl (C=O) groups is 1. The van der Waals surface area contributed by atoms with Gasteiger partial charge in [-0.05, 0) is 44.1 Å². The Morgan fingerprint density at radius 3 is 2.94 bits per heavy atom. The Morgan fingerprint density at radius 2 is 2.17 bits per heavy atom. The lowest BCUT2D eigenvalue weighted by Crippen LogP contribution is -2.24. The van der Waals surface area contributed by atoms with Gasteiger partial charge in [-0.1, -0.05) is 12.1 Å². The number of ether oxygens (including phenoxy) is 1.